The maximum Gasteiger partial charge on any atom is 0.164 e. The van der Waals surface area contributed by atoms with Gasteiger partial charge < -0.3 is 4.42 Å². The summed E-state index contributed by atoms with van der Waals surface area (Å²) < 4.78 is 6.28. The first-order valence-corrected chi connectivity index (χ1v) is 19.2. The van der Waals surface area contributed by atoms with Crippen molar-refractivity contribution in [3.05, 3.63) is 163 Å². The molecule has 2 aromatic heterocycles. The van der Waals surface area contributed by atoms with Gasteiger partial charge in [0.25, 0.3) is 0 Å². The average Bonchev–Trinajstić information content (AvgIpc) is 3.99. The van der Waals surface area contributed by atoms with Gasteiger partial charge in [-0.25, -0.2) is 15.0 Å². The van der Waals surface area contributed by atoms with Crippen molar-refractivity contribution in [2.75, 3.05) is 0 Å². The number of benzene rings is 7. The standard InChI is InChI=1S/C50H37N3O/c1-2-8-32(9-3-1)36-22-23-39-29-37(24-25-38(39)28-36)35-10-6-11-41(30-35)49-51-48(34-20-18-33(19-21-34)44-27-31-16-17-40(44)26-31)52-50(53-49)43-13-7-15-46-47(43)42-12-4-5-14-45(42)54-46/h1-15,18-25,28-31,40,44H,16-17,26-27H2. The van der Waals surface area contributed by atoms with Gasteiger partial charge in [-0.3, -0.25) is 0 Å². The average molecular weight is 696 g/mol. The van der Waals surface area contributed by atoms with Crippen LogP contribution in [-0.4, -0.2) is 15.0 Å². The zero-order chi connectivity index (χ0) is 35.6. The number of aromatic nitrogens is 3. The first-order valence-electron chi connectivity index (χ1n) is 19.2. The minimum atomic E-state index is 0.634. The fourth-order valence-electron chi connectivity index (χ4n) is 9.32. The predicted octanol–water partition coefficient (Wildman–Crippen LogP) is 13.2. The van der Waals surface area contributed by atoms with E-state index in [4.69, 9.17) is 19.4 Å². The van der Waals surface area contributed by atoms with E-state index in [-0.39, 0.29) is 0 Å². The van der Waals surface area contributed by atoms with Gasteiger partial charge in [0, 0.05) is 27.5 Å². The second kappa shape index (κ2) is 12.6. The summed E-state index contributed by atoms with van der Waals surface area (Å²) >= 11 is 0. The summed E-state index contributed by atoms with van der Waals surface area (Å²) in [5, 5.41) is 4.49. The molecule has 2 aliphatic carbocycles. The third kappa shape index (κ3) is 5.40. The van der Waals surface area contributed by atoms with Crippen LogP contribution in [0.25, 0.3) is 89.1 Å². The monoisotopic (exact) mass is 695 g/mol. The molecular weight excluding hydrogens is 659 g/mol. The van der Waals surface area contributed by atoms with Crippen LogP contribution in [0, 0.1) is 11.8 Å². The normalized spacial score (nSPS) is 17.9. The molecule has 2 saturated carbocycles. The van der Waals surface area contributed by atoms with Crippen LogP contribution < -0.4 is 0 Å². The molecular formula is C50H37N3O. The Bertz CT molecular complexity index is 2860. The summed E-state index contributed by atoms with van der Waals surface area (Å²) in [6.07, 6.45) is 5.51. The van der Waals surface area contributed by atoms with E-state index in [1.165, 1.54) is 53.1 Å². The number of nitrogens with zero attached hydrogens (tertiary/aromatic N) is 3. The maximum atomic E-state index is 6.28. The fraction of sp³-hybridized carbons (Fsp3) is 0.140. The number of para-hydroxylation sites is 1. The molecule has 4 heteroatoms. The van der Waals surface area contributed by atoms with E-state index in [1.54, 1.807) is 0 Å². The second-order valence-corrected chi connectivity index (χ2v) is 15.2. The van der Waals surface area contributed by atoms with E-state index in [9.17, 15) is 0 Å². The Labute approximate surface area is 314 Å². The SMILES string of the molecule is c1ccc(-c2ccc3cc(-c4cccc(-c5nc(-c6ccc(C7CC8CCC7C8)cc6)nc(-c6cccc7oc8ccccc8c67)n5)c4)ccc3c2)cc1. The molecule has 0 spiro atoms. The van der Waals surface area contributed by atoms with Gasteiger partial charge in [-0.05, 0) is 106 Å². The minimum Gasteiger partial charge on any atom is -0.456 e. The van der Waals surface area contributed by atoms with Crippen LogP contribution in [0.15, 0.2) is 162 Å². The van der Waals surface area contributed by atoms with Crippen molar-refractivity contribution in [3.63, 3.8) is 0 Å². The Morgan fingerprint density at radius 1 is 0.444 bits per heavy atom. The molecule has 3 unspecified atom stereocenters. The number of hydrogen-bond donors (Lipinski definition) is 0. The van der Waals surface area contributed by atoms with Gasteiger partial charge in [-0.15, -0.1) is 0 Å². The molecule has 0 radical (unpaired) electrons. The number of fused-ring (bicyclic) bond motifs is 6. The lowest BCUT2D eigenvalue weighted by molar-refractivity contribution is 0.420. The van der Waals surface area contributed by atoms with Crippen LogP contribution in [0.5, 0.6) is 0 Å². The van der Waals surface area contributed by atoms with Gasteiger partial charge in [-0.1, -0.05) is 134 Å². The molecule has 4 nitrogen and oxygen atoms in total. The third-order valence-electron chi connectivity index (χ3n) is 12.0. The van der Waals surface area contributed by atoms with Crippen molar-refractivity contribution < 1.29 is 4.42 Å². The molecule has 2 bridgehead atoms. The highest BCUT2D eigenvalue weighted by Crippen LogP contribution is 2.53. The summed E-state index contributed by atoms with van der Waals surface area (Å²) in [7, 11) is 0. The highest BCUT2D eigenvalue weighted by Gasteiger charge is 2.40. The van der Waals surface area contributed by atoms with Gasteiger partial charge >= 0.3 is 0 Å². The molecule has 9 aromatic rings. The zero-order valence-corrected chi connectivity index (χ0v) is 29.8. The Morgan fingerprint density at radius 3 is 1.85 bits per heavy atom. The van der Waals surface area contributed by atoms with Crippen molar-refractivity contribution in [1.29, 1.82) is 0 Å². The molecule has 11 rings (SSSR count). The Balaban J connectivity index is 1.01. The molecule has 0 amide bonds. The van der Waals surface area contributed by atoms with Gasteiger partial charge in [0.1, 0.15) is 11.2 Å². The number of furan rings is 1. The van der Waals surface area contributed by atoms with E-state index < -0.39 is 0 Å². The van der Waals surface area contributed by atoms with Gasteiger partial charge in [0.05, 0.1) is 0 Å². The molecule has 54 heavy (non-hydrogen) atoms. The summed E-state index contributed by atoms with van der Waals surface area (Å²) in [5.41, 5.74) is 10.7. The smallest absolute Gasteiger partial charge is 0.164 e. The van der Waals surface area contributed by atoms with Gasteiger partial charge in [-0.2, -0.15) is 0 Å². The van der Waals surface area contributed by atoms with Crippen LogP contribution in [0.3, 0.4) is 0 Å². The van der Waals surface area contributed by atoms with E-state index in [0.717, 1.165) is 61.6 Å². The topological polar surface area (TPSA) is 51.8 Å². The highest BCUT2D eigenvalue weighted by molar-refractivity contribution is 6.11. The van der Waals surface area contributed by atoms with Crippen LogP contribution in [0.2, 0.25) is 0 Å². The van der Waals surface area contributed by atoms with Crippen molar-refractivity contribution in [2.24, 2.45) is 11.8 Å². The van der Waals surface area contributed by atoms with Crippen LogP contribution >= 0.6 is 0 Å². The molecule has 2 aliphatic rings. The number of hydrogen-bond acceptors (Lipinski definition) is 4. The zero-order valence-electron chi connectivity index (χ0n) is 29.8. The lowest BCUT2D eigenvalue weighted by Crippen LogP contribution is -2.08. The molecule has 258 valence electrons. The molecule has 0 N–H and O–H groups in total. The van der Waals surface area contributed by atoms with Crippen molar-refractivity contribution in [2.45, 2.75) is 31.6 Å². The first-order chi connectivity index (χ1) is 26.7. The fourth-order valence-corrected chi connectivity index (χ4v) is 9.32. The summed E-state index contributed by atoms with van der Waals surface area (Å²) in [6, 6.07) is 55.9. The molecule has 3 atom stereocenters. The molecule has 2 fully saturated rings. The van der Waals surface area contributed by atoms with Crippen molar-refractivity contribution in [3.8, 4) is 56.4 Å². The molecule has 0 saturated heterocycles. The molecule has 7 aromatic carbocycles. The van der Waals surface area contributed by atoms with Gasteiger partial charge in [0.2, 0.25) is 0 Å². The summed E-state index contributed by atoms with van der Waals surface area (Å²) in [5.74, 6) is 4.38. The summed E-state index contributed by atoms with van der Waals surface area (Å²) in [4.78, 5) is 15.6. The van der Waals surface area contributed by atoms with E-state index >= 15 is 0 Å². The molecule has 0 aliphatic heterocycles. The third-order valence-corrected chi connectivity index (χ3v) is 12.0. The van der Waals surface area contributed by atoms with E-state index in [2.05, 4.69) is 133 Å². The lowest BCUT2D eigenvalue weighted by atomic mass is 9.83. The van der Waals surface area contributed by atoms with Crippen LogP contribution in [-0.2, 0) is 0 Å². The molecule has 2 heterocycles. The Hall–Kier alpha value is -6.39. The Morgan fingerprint density at radius 2 is 1.07 bits per heavy atom. The minimum absolute atomic E-state index is 0.634. The summed E-state index contributed by atoms with van der Waals surface area (Å²) in [6.45, 7) is 0. The van der Waals surface area contributed by atoms with Crippen molar-refractivity contribution in [1.82, 2.24) is 15.0 Å². The van der Waals surface area contributed by atoms with E-state index in [1.807, 2.05) is 24.3 Å². The lowest BCUT2D eigenvalue weighted by Gasteiger charge is -2.22. The van der Waals surface area contributed by atoms with Crippen LogP contribution in [0.1, 0.15) is 37.2 Å². The van der Waals surface area contributed by atoms with Crippen molar-refractivity contribution >= 4 is 32.7 Å². The largest absolute Gasteiger partial charge is 0.456 e. The van der Waals surface area contributed by atoms with Crippen LogP contribution in [0.4, 0.5) is 0 Å². The number of rotatable bonds is 6. The maximum absolute atomic E-state index is 6.28. The Kier molecular flexibility index (Phi) is 7.29. The second-order valence-electron chi connectivity index (χ2n) is 15.2. The highest BCUT2D eigenvalue weighted by atomic mass is 16.3. The van der Waals surface area contributed by atoms with Gasteiger partial charge in [0.15, 0.2) is 17.5 Å². The quantitative estimate of drug-likeness (QED) is 0.174. The first kappa shape index (κ1) is 31.2. The van der Waals surface area contributed by atoms with E-state index in [0.29, 0.717) is 23.4 Å². The predicted molar refractivity (Wildman–Crippen MR) is 220 cm³/mol.